The molecule has 11 heteroatoms. The molecular formula is C22H24N6O4S. The maximum atomic E-state index is 13.1. The van der Waals surface area contributed by atoms with Gasteiger partial charge in [-0.3, -0.25) is 0 Å². The topological polar surface area (TPSA) is 134 Å². The van der Waals surface area contributed by atoms with E-state index in [9.17, 15) is 9.00 Å². The highest BCUT2D eigenvalue weighted by Gasteiger charge is 2.26. The Morgan fingerprint density at radius 3 is 3.00 bits per heavy atom. The van der Waals surface area contributed by atoms with Gasteiger partial charge in [0.05, 0.1) is 25.5 Å². The van der Waals surface area contributed by atoms with Gasteiger partial charge < -0.3 is 14.8 Å². The summed E-state index contributed by atoms with van der Waals surface area (Å²) in [4.78, 5) is 17.3. The van der Waals surface area contributed by atoms with Crippen molar-refractivity contribution in [1.29, 1.82) is 0 Å². The summed E-state index contributed by atoms with van der Waals surface area (Å²) in [7, 11) is -2.00. The molecule has 2 amide bonds. The summed E-state index contributed by atoms with van der Waals surface area (Å²) in [5, 5.41) is 12.9. The molecule has 1 aliphatic carbocycles. The van der Waals surface area contributed by atoms with Crippen molar-refractivity contribution in [1.82, 2.24) is 14.8 Å². The summed E-state index contributed by atoms with van der Waals surface area (Å²) in [6.07, 6.45) is 6.86. The highest BCUT2D eigenvalue weighted by molar-refractivity contribution is 7.91. The molecule has 1 aromatic carbocycles. The van der Waals surface area contributed by atoms with E-state index in [1.54, 1.807) is 24.1 Å². The first-order valence-electron chi connectivity index (χ1n) is 10.7. The average Bonchev–Trinajstić information content (AvgIpc) is 3.43. The van der Waals surface area contributed by atoms with Gasteiger partial charge >= 0.3 is 6.03 Å². The van der Waals surface area contributed by atoms with Gasteiger partial charge in [-0.2, -0.15) is 5.10 Å². The van der Waals surface area contributed by atoms with Crippen molar-refractivity contribution in [2.75, 3.05) is 19.0 Å². The number of hydrogen-bond donors (Lipinski definition) is 2. The van der Waals surface area contributed by atoms with Gasteiger partial charge in [-0.05, 0) is 48.4 Å². The Morgan fingerprint density at radius 2 is 2.15 bits per heavy atom. The number of ether oxygens (including phenoxy) is 2. The van der Waals surface area contributed by atoms with Crippen molar-refractivity contribution in [2.24, 2.45) is 9.50 Å². The average molecular weight is 469 g/mol. The van der Waals surface area contributed by atoms with E-state index < -0.39 is 15.9 Å². The molecule has 0 unspecified atom stereocenters. The highest BCUT2D eigenvalue weighted by Crippen LogP contribution is 2.37. The van der Waals surface area contributed by atoms with Crippen LogP contribution in [0.25, 0.3) is 11.1 Å². The summed E-state index contributed by atoms with van der Waals surface area (Å²) in [6, 6.07) is 6.91. The Bertz CT molecular complexity index is 1360. The fraction of sp³-hybridized carbons (Fsp3) is 0.318. The van der Waals surface area contributed by atoms with Crippen LogP contribution < -0.4 is 19.9 Å². The van der Waals surface area contributed by atoms with Gasteiger partial charge in [0, 0.05) is 17.8 Å². The molecule has 0 bridgehead atoms. The third-order valence-corrected chi connectivity index (χ3v) is 7.20. The van der Waals surface area contributed by atoms with Crippen LogP contribution in [0.2, 0.25) is 0 Å². The fourth-order valence-corrected chi connectivity index (χ4v) is 5.30. The molecule has 3 aromatic rings. The fourth-order valence-electron chi connectivity index (χ4n) is 4.29. The van der Waals surface area contributed by atoms with Crippen molar-refractivity contribution >= 4 is 21.6 Å². The molecule has 1 aliphatic heterocycles. The van der Waals surface area contributed by atoms with Gasteiger partial charge in [-0.1, -0.05) is 12.1 Å². The summed E-state index contributed by atoms with van der Waals surface area (Å²) in [6.45, 7) is 0.943. The number of amides is 2. The molecule has 172 valence electrons. The second kappa shape index (κ2) is 8.49. The summed E-state index contributed by atoms with van der Waals surface area (Å²) in [5.74, 6) is 0.757. The molecule has 0 saturated heterocycles. The number of rotatable bonds is 4. The first kappa shape index (κ1) is 21.4. The number of hydrogen-bond acceptors (Lipinski definition) is 6. The number of benzene rings is 1. The van der Waals surface area contributed by atoms with Crippen molar-refractivity contribution < 1.29 is 18.5 Å². The Balaban J connectivity index is 1.55. The number of pyridine rings is 1. The van der Waals surface area contributed by atoms with Gasteiger partial charge in [0.1, 0.15) is 11.5 Å². The van der Waals surface area contributed by atoms with E-state index in [2.05, 4.69) is 25.8 Å². The molecule has 3 heterocycles. The van der Waals surface area contributed by atoms with Crippen molar-refractivity contribution in [3.8, 4) is 22.9 Å². The van der Waals surface area contributed by atoms with Crippen LogP contribution in [0.3, 0.4) is 0 Å². The van der Waals surface area contributed by atoms with Gasteiger partial charge in [0.25, 0.3) is 0 Å². The molecule has 2 aromatic heterocycles. The number of anilines is 1. The predicted octanol–water partition coefficient (Wildman–Crippen LogP) is 3.16. The number of nitrogens with zero attached hydrogens (tertiary/aromatic N) is 4. The Labute approximate surface area is 191 Å². The van der Waals surface area contributed by atoms with E-state index in [0.717, 1.165) is 42.4 Å². The zero-order valence-corrected chi connectivity index (χ0v) is 18.9. The standard InChI is InChI=1S/C22H24N6O4S/c1-31-19-12-15(8-9-24-19)17-7-6-14-4-2-3-5-16(14)20(17)26-22(29)27-33(23,30)18-13-25-28-10-11-32-21(18)28/h6-9,12-13H,2-5,10-11H2,1H3,(H3,23,26,27,29,30)/t33-/m1/s1. The van der Waals surface area contributed by atoms with Crippen LogP contribution in [0, 0.1) is 0 Å². The Hall–Kier alpha value is -3.44. The van der Waals surface area contributed by atoms with E-state index in [4.69, 9.17) is 14.6 Å². The third kappa shape index (κ3) is 4.05. The molecule has 0 saturated carbocycles. The largest absolute Gasteiger partial charge is 0.481 e. The number of fused-ring (bicyclic) bond motifs is 2. The summed E-state index contributed by atoms with van der Waals surface area (Å²) < 4.78 is 29.2. The number of methoxy groups -OCH3 is 1. The lowest BCUT2D eigenvalue weighted by Crippen LogP contribution is -2.19. The number of aryl methyl sites for hydroxylation is 1. The molecule has 2 aliphatic rings. The molecule has 5 rings (SSSR count). The number of urea groups is 1. The van der Waals surface area contributed by atoms with Crippen LogP contribution in [0.15, 0.2) is 45.9 Å². The van der Waals surface area contributed by atoms with E-state index in [0.29, 0.717) is 30.6 Å². The van der Waals surface area contributed by atoms with Gasteiger partial charge in [0.15, 0.2) is 9.92 Å². The van der Waals surface area contributed by atoms with Crippen LogP contribution >= 0.6 is 0 Å². The van der Waals surface area contributed by atoms with Crippen molar-refractivity contribution in [3.05, 3.63) is 47.8 Å². The molecule has 0 radical (unpaired) electrons. The van der Waals surface area contributed by atoms with Gasteiger partial charge in [-0.15, -0.1) is 4.36 Å². The first-order valence-corrected chi connectivity index (χ1v) is 12.2. The minimum absolute atomic E-state index is 0.115. The monoisotopic (exact) mass is 468 g/mol. The van der Waals surface area contributed by atoms with E-state index in [1.165, 1.54) is 11.8 Å². The summed E-state index contributed by atoms with van der Waals surface area (Å²) in [5.41, 5.74) is 4.51. The summed E-state index contributed by atoms with van der Waals surface area (Å²) >= 11 is 0. The number of carbonyl (C=O) groups is 1. The first-order chi connectivity index (χ1) is 16.0. The number of carbonyl (C=O) groups excluding carboxylic acids is 1. The van der Waals surface area contributed by atoms with Gasteiger partial charge in [0.2, 0.25) is 11.8 Å². The second-order valence-electron chi connectivity index (χ2n) is 7.90. The van der Waals surface area contributed by atoms with Gasteiger partial charge in [-0.25, -0.2) is 23.8 Å². The SMILES string of the molecule is COc1cc(-c2ccc3c(c2NC(=O)N=[S@@](N)(=O)c2cnn4c2OCC4)CCCC3)ccn1. The maximum Gasteiger partial charge on any atom is 0.354 e. The molecular weight excluding hydrogens is 444 g/mol. The predicted molar refractivity (Wildman–Crippen MR) is 123 cm³/mol. The zero-order valence-electron chi connectivity index (χ0n) is 18.1. The second-order valence-corrected chi connectivity index (χ2v) is 9.66. The smallest absolute Gasteiger partial charge is 0.354 e. The normalized spacial score (nSPS) is 16.2. The van der Waals surface area contributed by atoms with Crippen LogP contribution in [0.4, 0.5) is 10.5 Å². The van der Waals surface area contributed by atoms with Crippen LogP contribution in [0.1, 0.15) is 24.0 Å². The number of aromatic nitrogens is 3. The molecule has 10 nitrogen and oxygen atoms in total. The Morgan fingerprint density at radius 1 is 1.30 bits per heavy atom. The third-order valence-electron chi connectivity index (χ3n) is 5.85. The van der Waals surface area contributed by atoms with E-state index >= 15 is 0 Å². The van der Waals surface area contributed by atoms with Crippen molar-refractivity contribution in [3.63, 3.8) is 0 Å². The molecule has 1 atom stereocenters. The highest BCUT2D eigenvalue weighted by atomic mass is 32.2. The lowest BCUT2D eigenvalue weighted by atomic mass is 9.87. The molecule has 0 spiro atoms. The van der Waals surface area contributed by atoms with E-state index in [-0.39, 0.29) is 4.90 Å². The van der Waals surface area contributed by atoms with E-state index in [1.807, 2.05) is 12.1 Å². The number of nitrogens with two attached hydrogens (primary N) is 1. The molecule has 0 fully saturated rings. The number of nitrogens with one attached hydrogen (secondary N) is 1. The lowest BCUT2D eigenvalue weighted by Gasteiger charge is -2.22. The van der Waals surface area contributed by atoms with Crippen LogP contribution in [0.5, 0.6) is 11.8 Å². The van der Waals surface area contributed by atoms with Crippen LogP contribution in [-0.4, -0.2) is 38.7 Å². The van der Waals surface area contributed by atoms with Crippen LogP contribution in [-0.2, 0) is 29.3 Å². The lowest BCUT2D eigenvalue weighted by molar-refractivity contribution is 0.260. The molecule has 3 N–H and O–H groups in total. The minimum Gasteiger partial charge on any atom is -0.481 e. The minimum atomic E-state index is -3.55. The van der Waals surface area contributed by atoms with Crippen molar-refractivity contribution in [2.45, 2.75) is 37.1 Å². The Kier molecular flexibility index (Phi) is 5.51. The maximum absolute atomic E-state index is 13.1. The zero-order chi connectivity index (χ0) is 23.0. The quantitative estimate of drug-likeness (QED) is 0.604. The molecule has 33 heavy (non-hydrogen) atoms.